The number of likely N-dealkylation sites (N-methyl/N-ethyl adjacent to an activating group) is 1. The third-order valence-corrected chi connectivity index (χ3v) is 10.1. The maximum absolute atomic E-state index is 11.2. The van der Waals surface area contributed by atoms with Crippen molar-refractivity contribution >= 4 is 62.3 Å². The molecule has 312 valence electrons. The fourth-order valence-electron chi connectivity index (χ4n) is 5.45. The van der Waals surface area contributed by atoms with Crippen LogP contribution in [0.2, 0.25) is 6.82 Å². The van der Waals surface area contributed by atoms with Gasteiger partial charge in [-0.15, -0.1) is 0 Å². The van der Waals surface area contributed by atoms with Gasteiger partial charge in [-0.3, -0.25) is 34.4 Å². The molecule has 5 heterocycles. The molecule has 0 saturated carbocycles. The van der Waals surface area contributed by atoms with Gasteiger partial charge in [-0.05, 0) is 89.5 Å². The summed E-state index contributed by atoms with van der Waals surface area (Å²) in [5.74, 6) is -0.357. The second-order valence-corrected chi connectivity index (χ2v) is 15.7. The Kier molecular flexibility index (Phi) is 20.0. The zero-order valence-corrected chi connectivity index (χ0v) is 34.6. The summed E-state index contributed by atoms with van der Waals surface area (Å²) in [5.41, 5.74) is 27.2. The number of ketones is 2. The van der Waals surface area contributed by atoms with E-state index in [1.165, 1.54) is 25.6 Å². The first-order valence-electron chi connectivity index (χ1n) is 19.1. The van der Waals surface area contributed by atoms with Crippen LogP contribution in [0.5, 0.6) is 0 Å². The number of carbonyl (C=O) groups excluding carboxylic acids is 3. The minimum Gasteiger partial charge on any atom is -0.449 e. The fraction of sp³-hybridized carbons (Fsp3) is 0.595. The van der Waals surface area contributed by atoms with Crippen molar-refractivity contribution in [3.05, 3.63) is 47.1 Å². The molecule has 57 heavy (non-hydrogen) atoms. The molecule has 1 amide bonds. The Labute approximate surface area is 337 Å². The minimum absolute atomic E-state index is 0.00465. The molecule has 0 aromatic rings. The van der Waals surface area contributed by atoms with Crippen LogP contribution in [0.15, 0.2) is 67.1 Å². The van der Waals surface area contributed by atoms with E-state index in [0.29, 0.717) is 37.7 Å². The number of nitrogens with two attached hydrogens (primary N) is 4. The van der Waals surface area contributed by atoms with Crippen molar-refractivity contribution in [2.24, 2.45) is 42.9 Å². The highest BCUT2D eigenvalue weighted by atomic mass is 16.7. The number of nitrogens with one attached hydrogen (secondary N) is 1. The zero-order chi connectivity index (χ0) is 43.1. The van der Waals surface area contributed by atoms with E-state index in [0.717, 1.165) is 41.6 Å². The number of nitrogens with zero attached hydrogens (tertiary/aromatic N) is 4. The summed E-state index contributed by atoms with van der Waals surface area (Å²) in [6.07, 6.45) is 15.7. The Morgan fingerprint density at radius 3 is 1.61 bits per heavy atom. The van der Waals surface area contributed by atoms with Gasteiger partial charge in [0.05, 0.1) is 40.5 Å². The highest BCUT2D eigenvalue weighted by Crippen LogP contribution is 2.38. The molecule has 4 atom stereocenters. The molecular weight excluding hydrogens is 731 g/mol. The van der Waals surface area contributed by atoms with Crippen LogP contribution >= 0.6 is 0 Å². The Morgan fingerprint density at radius 2 is 1.21 bits per heavy atom. The van der Waals surface area contributed by atoms with Gasteiger partial charge >= 0.3 is 21.2 Å². The first kappa shape index (κ1) is 49.4. The van der Waals surface area contributed by atoms with E-state index in [1.807, 2.05) is 46.3 Å². The van der Waals surface area contributed by atoms with E-state index in [4.69, 9.17) is 47.3 Å². The highest BCUT2D eigenvalue weighted by Gasteiger charge is 2.53. The summed E-state index contributed by atoms with van der Waals surface area (Å²) >= 11 is 0. The second-order valence-electron chi connectivity index (χ2n) is 15.7. The monoisotopic (exact) mass is 794 g/mol. The lowest BCUT2D eigenvalue weighted by Crippen LogP contribution is -2.41. The lowest BCUT2D eigenvalue weighted by atomic mass is 9.62. The predicted octanol–water partition coefficient (Wildman–Crippen LogP) is 0.709. The average Bonchev–Trinajstić information content (AvgIpc) is 3.98. The van der Waals surface area contributed by atoms with E-state index < -0.39 is 39.3 Å². The topological polar surface area (TPSA) is 296 Å². The molecule has 20 heteroatoms. The van der Waals surface area contributed by atoms with Crippen LogP contribution in [0.25, 0.3) is 0 Å². The van der Waals surface area contributed by atoms with Crippen molar-refractivity contribution in [3.8, 4) is 0 Å². The highest BCUT2D eigenvalue weighted by molar-refractivity contribution is 6.83. The molecule has 0 unspecified atom stereocenters. The second kappa shape index (κ2) is 23.0. The standard InChI is InChI=1S/C14H23BN2O3.C8H13BN2O3.C8H13N3O.C7H13BN2O/c1-9(18)11(16)6-10-7-12(17-8-10)15-19-13(2,3)14(4,5)20-15;1-5(12)7(10)2-6-3-8(9(13)14)11-4-6;1-10-8(12)7(9)4-6-2-3-11-5-6;1-8(11)7(9)4-6-2-3-10-5-6/h8,11H,6-7,16H2,1-5H3;4,7,13-14H,2-3,10H2,1H3;3,5,7H,2,4,9H2,1H3,(H,10,12);3,5,7,11H,2,4,9H2,1H3/t11-;3*7-/m0000/s1. The molecule has 5 aliphatic heterocycles. The molecule has 0 aromatic carbocycles. The molecular formula is C37H62B3N9O8. The van der Waals surface area contributed by atoms with Crippen molar-refractivity contribution in [2.75, 3.05) is 7.05 Å². The van der Waals surface area contributed by atoms with Gasteiger partial charge in [0.2, 0.25) is 5.91 Å². The molecule has 0 aromatic heterocycles. The summed E-state index contributed by atoms with van der Waals surface area (Å²) in [5, 5.41) is 29.2. The molecule has 1 saturated heterocycles. The SMILES string of the molecule is CB(O)[C@@H](N)CC1=CN=CC1.CC(=O)[C@@H](N)CC1=CN=C(B(O)O)C1.CC(=O)[C@@H](N)CC1=CN=C(B2OC(C)(C)C(C)(C)O2)C1.CNC(=O)[C@@H](N)CC1=CN=CC1. The van der Waals surface area contributed by atoms with Crippen LogP contribution in [-0.2, 0) is 23.7 Å². The van der Waals surface area contributed by atoms with E-state index >= 15 is 0 Å². The van der Waals surface area contributed by atoms with Gasteiger partial charge in [0, 0.05) is 75.9 Å². The van der Waals surface area contributed by atoms with Crippen LogP contribution < -0.4 is 28.3 Å². The number of carbonyl (C=O) groups is 3. The van der Waals surface area contributed by atoms with Gasteiger partial charge in [-0.1, -0.05) is 6.82 Å². The number of hydrogen-bond donors (Lipinski definition) is 8. The zero-order valence-electron chi connectivity index (χ0n) is 34.6. The Morgan fingerprint density at radius 1 is 0.754 bits per heavy atom. The predicted molar refractivity (Wildman–Crippen MR) is 229 cm³/mol. The van der Waals surface area contributed by atoms with Gasteiger partial charge in [0.15, 0.2) is 0 Å². The average molecular weight is 793 g/mol. The van der Waals surface area contributed by atoms with Gasteiger partial charge in [0.1, 0.15) is 11.6 Å². The third-order valence-electron chi connectivity index (χ3n) is 10.1. The molecule has 0 bridgehead atoms. The molecule has 0 aliphatic carbocycles. The van der Waals surface area contributed by atoms with Crippen LogP contribution in [-0.4, -0.2) is 120 Å². The summed E-state index contributed by atoms with van der Waals surface area (Å²) in [6.45, 7) is 12.3. The van der Waals surface area contributed by atoms with Crippen LogP contribution in [0, 0.1) is 0 Å². The summed E-state index contributed by atoms with van der Waals surface area (Å²) < 4.78 is 11.9. The minimum atomic E-state index is -1.52. The first-order chi connectivity index (χ1) is 26.6. The largest absolute Gasteiger partial charge is 0.510 e. The van der Waals surface area contributed by atoms with Gasteiger partial charge in [-0.25, -0.2) is 0 Å². The van der Waals surface area contributed by atoms with Crippen LogP contribution in [0.1, 0.15) is 92.9 Å². The van der Waals surface area contributed by atoms with Gasteiger partial charge in [-0.2, -0.15) is 0 Å². The number of aliphatic imine (C=N–C) groups is 4. The summed E-state index contributed by atoms with van der Waals surface area (Å²) in [6, 6.07) is -1.41. The third kappa shape index (κ3) is 16.6. The Hall–Kier alpha value is -3.72. The van der Waals surface area contributed by atoms with Gasteiger partial charge < -0.3 is 52.6 Å². The van der Waals surface area contributed by atoms with E-state index in [9.17, 15) is 14.4 Å². The van der Waals surface area contributed by atoms with E-state index in [-0.39, 0.29) is 34.6 Å². The van der Waals surface area contributed by atoms with Crippen molar-refractivity contribution < 1.29 is 38.8 Å². The molecule has 17 nitrogen and oxygen atoms in total. The molecule has 0 radical (unpaired) electrons. The lowest BCUT2D eigenvalue weighted by Gasteiger charge is -2.32. The smallest absolute Gasteiger partial charge is 0.449 e. The summed E-state index contributed by atoms with van der Waals surface area (Å²) in [7, 11) is -0.346. The molecule has 5 aliphatic rings. The number of rotatable bonds is 14. The normalized spacial score (nSPS) is 20.4. The van der Waals surface area contributed by atoms with Crippen LogP contribution in [0.3, 0.4) is 0 Å². The number of Topliss-reactive ketones (excluding diaryl/α,β-unsaturated/α-hetero) is 2. The quantitative estimate of drug-likeness (QED) is 0.113. The molecule has 12 N–H and O–H groups in total. The van der Waals surface area contributed by atoms with Crippen molar-refractivity contribution in [1.82, 2.24) is 5.32 Å². The van der Waals surface area contributed by atoms with E-state index in [2.05, 4.69) is 25.3 Å². The maximum atomic E-state index is 11.2. The maximum Gasteiger partial charge on any atom is 0.510 e. The lowest BCUT2D eigenvalue weighted by molar-refractivity contribution is -0.122. The van der Waals surface area contributed by atoms with Gasteiger partial charge in [0.25, 0.3) is 0 Å². The van der Waals surface area contributed by atoms with Crippen LogP contribution in [0.4, 0.5) is 0 Å². The van der Waals surface area contributed by atoms with Crippen molar-refractivity contribution in [1.29, 1.82) is 0 Å². The number of amides is 1. The van der Waals surface area contributed by atoms with E-state index in [1.54, 1.807) is 26.3 Å². The van der Waals surface area contributed by atoms with Crippen molar-refractivity contribution in [3.63, 3.8) is 0 Å². The molecule has 5 rings (SSSR count). The first-order valence-corrected chi connectivity index (χ1v) is 19.1. The fourth-order valence-corrected chi connectivity index (χ4v) is 5.45. The number of hydrogen-bond acceptors (Lipinski definition) is 16. The molecule has 1 fully saturated rings. The van der Waals surface area contributed by atoms with Crippen molar-refractivity contribution in [2.45, 2.75) is 135 Å². The summed E-state index contributed by atoms with van der Waals surface area (Å²) in [4.78, 5) is 49.1. The Balaban J connectivity index is 0.000000270. The molecule has 0 spiro atoms. The Bertz CT molecular complexity index is 1660.